The van der Waals surface area contributed by atoms with E-state index in [0.29, 0.717) is 11.4 Å². The summed E-state index contributed by atoms with van der Waals surface area (Å²) in [5.74, 6) is 0.522. The Labute approximate surface area is 124 Å². The van der Waals surface area contributed by atoms with Crippen LogP contribution in [0.5, 0.6) is 5.88 Å². The van der Waals surface area contributed by atoms with E-state index in [1.165, 1.54) is 12.8 Å². The molecule has 1 aliphatic heterocycles. The third-order valence-electron chi connectivity index (χ3n) is 3.80. The molecule has 1 aliphatic rings. The van der Waals surface area contributed by atoms with Crippen molar-refractivity contribution >= 4 is 17.5 Å². The normalized spacial score (nSPS) is 17.7. The topological polar surface area (TPSA) is 47.4 Å². The highest BCUT2D eigenvalue weighted by molar-refractivity contribution is 6.31. The second kappa shape index (κ2) is 6.48. The van der Waals surface area contributed by atoms with Crippen LogP contribution in [0.1, 0.15) is 42.3 Å². The van der Waals surface area contributed by atoms with Crippen LogP contribution in [0, 0.1) is 6.92 Å². The maximum absolute atomic E-state index is 12.6. The van der Waals surface area contributed by atoms with Crippen molar-refractivity contribution in [1.82, 2.24) is 14.7 Å². The second-order valence-corrected chi connectivity index (χ2v) is 5.67. The van der Waals surface area contributed by atoms with Crippen LogP contribution < -0.4 is 4.74 Å². The molecule has 0 bridgehead atoms. The lowest BCUT2D eigenvalue weighted by atomic mass is 10.1. The number of halogens is 1. The molecule has 0 spiro atoms. The highest BCUT2D eigenvalue weighted by Gasteiger charge is 2.30. The van der Waals surface area contributed by atoms with Crippen LogP contribution >= 0.6 is 11.6 Å². The van der Waals surface area contributed by atoms with E-state index in [4.69, 9.17) is 16.3 Å². The van der Waals surface area contributed by atoms with E-state index in [0.717, 1.165) is 31.6 Å². The molecule has 1 saturated heterocycles. The predicted octanol–water partition coefficient (Wildman–Crippen LogP) is 2.42. The average Bonchev–Trinajstić information content (AvgIpc) is 2.63. The van der Waals surface area contributed by atoms with Gasteiger partial charge < -0.3 is 9.64 Å². The molecule has 0 N–H and O–H groups in total. The number of likely N-dealkylation sites (tertiary alicyclic amines) is 1. The fourth-order valence-corrected chi connectivity index (χ4v) is 3.15. The maximum Gasteiger partial charge on any atom is 0.245 e. The van der Waals surface area contributed by atoms with Gasteiger partial charge in [0.25, 0.3) is 0 Å². The Kier molecular flexibility index (Phi) is 4.91. The fraction of sp³-hybridized carbons (Fsp3) is 0.714. The van der Waals surface area contributed by atoms with Crippen molar-refractivity contribution in [2.75, 3.05) is 20.2 Å². The van der Waals surface area contributed by atoms with Crippen LogP contribution in [0.2, 0.25) is 0 Å². The quantitative estimate of drug-likeness (QED) is 0.805. The first-order valence-electron chi connectivity index (χ1n) is 7.06. The largest absolute Gasteiger partial charge is 0.481 e. The smallest absolute Gasteiger partial charge is 0.245 e. The van der Waals surface area contributed by atoms with Crippen LogP contribution in [-0.2, 0) is 11.8 Å². The number of carbonyl (C=O) groups is 1. The molecule has 0 saturated carbocycles. The molecule has 1 unspecified atom stereocenters. The summed E-state index contributed by atoms with van der Waals surface area (Å²) in [4.78, 5) is 14.5. The van der Waals surface area contributed by atoms with Gasteiger partial charge in [-0.15, -0.1) is 11.6 Å². The zero-order valence-electron chi connectivity index (χ0n) is 12.4. The summed E-state index contributed by atoms with van der Waals surface area (Å²) in [6, 6.07) is 0. The lowest BCUT2D eigenvalue weighted by Gasteiger charge is -2.23. The van der Waals surface area contributed by atoms with Gasteiger partial charge in [0.05, 0.1) is 18.4 Å². The van der Waals surface area contributed by atoms with Gasteiger partial charge in [-0.05, 0) is 19.8 Å². The van der Waals surface area contributed by atoms with Gasteiger partial charge in [0.15, 0.2) is 0 Å². The molecule has 1 atom stereocenters. The molecule has 1 fully saturated rings. The third-order valence-corrected chi connectivity index (χ3v) is 4.20. The molecule has 1 aromatic heterocycles. The lowest BCUT2D eigenvalue weighted by molar-refractivity contribution is -0.130. The molecule has 2 rings (SSSR count). The predicted molar refractivity (Wildman–Crippen MR) is 78.1 cm³/mol. The van der Waals surface area contributed by atoms with Gasteiger partial charge in [0.2, 0.25) is 11.8 Å². The van der Waals surface area contributed by atoms with Gasteiger partial charge in [-0.1, -0.05) is 12.8 Å². The molecule has 6 heteroatoms. The Balaban J connectivity index is 2.21. The SMILES string of the molecule is COc1c(C(Cl)C(=O)N2CCCCCC2)c(C)nn1C. The summed E-state index contributed by atoms with van der Waals surface area (Å²) in [6.07, 6.45) is 4.48. The Hall–Kier alpha value is -1.23. The Bertz CT molecular complexity index is 479. The molecule has 20 heavy (non-hydrogen) atoms. The van der Waals surface area contributed by atoms with Gasteiger partial charge in [-0.3, -0.25) is 4.79 Å². The first-order valence-corrected chi connectivity index (χ1v) is 7.50. The molecule has 0 aliphatic carbocycles. The number of methoxy groups -OCH3 is 1. The fourth-order valence-electron chi connectivity index (χ4n) is 2.76. The molecule has 0 radical (unpaired) electrons. The van der Waals surface area contributed by atoms with Crippen molar-refractivity contribution in [2.24, 2.45) is 7.05 Å². The number of aromatic nitrogens is 2. The summed E-state index contributed by atoms with van der Waals surface area (Å²) in [7, 11) is 3.36. The number of rotatable bonds is 3. The van der Waals surface area contributed by atoms with E-state index in [-0.39, 0.29) is 5.91 Å². The van der Waals surface area contributed by atoms with Crippen molar-refractivity contribution in [3.8, 4) is 5.88 Å². The van der Waals surface area contributed by atoms with Crippen LogP contribution in [0.25, 0.3) is 0 Å². The van der Waals surface area contributed by atoms with Gasteiger partial charge in [0.1, 0.15) is 5.38 Å². The minimum absolute atomic E-state index is 0.0389. The summed E-state index contributed by atoms with van der Waals surface area (Å²) >= 11 is 6.42. The van der Waals surface area contributed by atoms with Crippen molar-refractivity contribution < 1.29 is 9.53 Å². The number of hydrogen-bond acceptors (Lipinski definition) is 3. The van der Waals surface area contributed by atoms with Crippen molar-refractivity contribution in [3.05, 3.63) is 11.3 Å². The van der Waals surface area contributed by atoms with Gasteiger partial charge in [-0.25, -0.2) is 4.68 Å². The minimum atomic E-state index is -0.725. The molecule has 0 aromatic carbocycles. The Morgan fingerprint density at radius 2 is 1.90 bits per heavy atom. The van der Waals surface area contributed by atoms with Gasteiger partial charge in [0, 0.05) is 20.1 Å². The van der Waals surface area contributed by atoms with Crippen LogP contribution in [0.3, 0.4) is 0 Å². The second-order valence-electron chi connectivity index (χ2n) is 5.23. The van der Waals surface area contributed by atoms with E-state index < -0.39 is 5.38 Å². The highest BCUT2D eigenvalue weighted by Crippen LogP contribution is 2.34. The maximum atomic E-state index is 12.6. The molecule has 1 amide bonds. The highest BCUT2D eigenvalue weighted by atomic mass is 35.5. The average molecular weight is 300 g/mol. The molecule has 2 heterocycles. The van der Waals surface area contributed by atoms with Crippen LogP contribution in [-0.4, -0.2) is 40.8 Å². The van der Waals surface area contributed by atoms with E-state index in [1.807, 2.05) is 11.8 Å². The zero-order valence-corrected chi connectivity index (χ0v) is 13.1. The third kappa shape index (κ3) is 2.92. The van der Waals surface area contributed by atoms with Crippen molar-refractivity contribution in [2.45, 2.75) is 38.0 Å². The first-order chi connectivity index (χ1) is 9.56. The molecule has 1 aromatic rings. The monoisotopic (exact) mass is 299 g/mol. The summed E-state index contributed by atoms with van der Waals surface area (Å²) < 4.78 is 6.95. The van der Waals surface area contributed by atoms with Crippen molar-refractivity contribution in [3.63, 3.8) is 0 Å². The number of carbonyl (C=O) groups excluding carboxylic acids is 1. The van der Waals surface area contributed by atoms with Gasteiger partial charge in [-0.2, -0.15) is 5.10 Å². The lowest BCUT2D eigenvalue weighted by Crippen LogP contribution is -2.34. The van der Waals surface area contributed by atoms with E-state index in [1.54, 1.807) is 18.8 Å². The first kappa shape index (κ1) is 15.2. The number of ether oxygens (including phenoxy) is 1. The zero-order chi connectivity index (χ0) is 14.7. The molecule has 112 valence electrons. The number of aryl methyl sites for hydroxylation is 2. The van der Waals surface area contributed by atoms with E-state index >= 15 is 0 Å². The van der Waals surface area contributed by atoms with Crippen LogP contribution in [0.4, 0.5) is 0 Å². The Morgan fingerprint density at radius 3 is 2.45 bits per heavy atom. The summed E-state index contributed by atoms with van der Waals surface area (Å²) in [5.41, 5.74) is 1.43. The summed E-state index contributed by atoms with van der Waals surface area (Å²) in [6.45, 7) is 3.44. The molecular weight excluding hydrogens is 278 g/mol. The standard InChI is InChI=1S/C14H22ClN3O2/c1-10-11(14(20-3)17(2)16-10)12(15)13(19)18-8-6-4-5-7-9-18/h12H,4-9H2,1-3H3. The summed E-state index contributed by atoms with van der Waals surface area (Å²) in [5, 5.41) is 3.56. The minimum Gasteiger partial charge on any atom is -0.481 e. The molecule has 5 nitrogen and oxygen atoms in total. The van der Waals surface area contributed by atoms with Crippen molar-refractivity contribution in [1.29, 1.82) is 0 Å². The molecular formula is C14H22ClN3O2. The number of hydrogen-bond donors (Lipinski definition) is 0. The van der Waals surface area contributed by atoms with E-state index in [9.17, 15) is 4.79 Å². The van der Waals surface area contributed by atoms with Crippen LogP contribution in [0.15, 0.2) is 0 Å². The number of nitrogens with zero attached hydrogens (tertiary/aromatic N) is 3. The number of alkyl halides is 1. The van der Waals surface area contributed by atoms with E-state index in [2.05, 4.69) is 5.10 Å². The Morgan fingerprint density at radius 1 is 1.30 bits per heavy atom. The number of amides is 1. The van der Waals surface area contributed by atoms with Gasteiger partial charge >= 0.3 is 0 Å².